The lowest BCUT2D eigenvalue weighted by Gasteiger charge is -2.14. The van der Waals surface area contributed by atoms with E-state index >= 15 is 0 Å². The molecule has 0 aliphatic carbocycles. The van der Waals surface area contributed by atoms with Crippen LogP contribution in [-0.2, 0) is 20.9 Å². The van der Waals surface area contributed by atoms with Crippen molar-refractivity contribution in [2.24, 2.45) is 0 Å². The van der Waals surface area contributed by atoms with Crippen molar-refractivity contribution < 1.29 is 28.4 Å². The molecule has 0 aliphatic rings. The molecule has 0 aromatic heterocycles. The van der Waals surface area contributed by atoms with E-state index in [0.717, 1.165) is 5.56 Å². The number of esters is 1. The molecule has 0 radical (unpaired) electrons. The highest BCUT2D eigenvalue weighted by Gasteiger charge is 2.14. The van der Waals surface area contributed by atoms with Crippen molar-refractivity contribution in [1.29, 1.82) is 0 Å². The summed E-state index contributed by atoms with van der Waals surface area (Å²) < 4.78 is 17.8. The fraction of sp³-hybridized carbons (Fsp3) is 0.250. The van der Waals surface area contributed by atoms with Gasteiger partial charge in [-0.1, -0.05) is 18.2 Å². The fourth-order valence-corrected chi connectivity index (χ4v) is 2.52. The van der Waals surface area contributed by atoms with Crippen LogP contribution in [0.15, 0.2) is 48.5 Å². The van der Waals surface area contributed by atoms with Gasteiger partial charge in [0, 0.05) is 12.2 Å². The van der Waals surface area contributed by atoms with Crippen LogP contribution >= 0.6 is 0 Å². The Kier molecular flexibility index (Phi) is 7.65. The maximum atomic E-state index is 13.1. The molecule has 0 spiro atoms. The van der Waals surface area contributed by atoms with Crippen LogP contribution in [0.4, 0.5) is 10.1 Å². The van der Waals surface area contributed by atoms with Gasteiger partial charge in [-0.25, -0.2) is 9.18 Å². The third kappa shape index (κ3) is 6.81. The van der Waals surface area contributed by atoms with E-state index in [1.807, 2.05) is 0 Å². The van der Waals surface area contributed by atoms with Gasteiger partial charge in [-0.15, -0.1) is 0 Å². The van der Waals surface area contributed by atoms with Gasteiger partial charge in [-0.2, -0.15) is 0 Å². The first-order valence-corrected chi connectivity index (χ1v) is 8.68. The topological polar surface area (TPSA) is 88.9 Å². The van der Waals surface area contributed by atoms with Crippen LogP contribution < -0.4 is 15.5 Å². The van der Waals surface area contributed by atoms with E-state index < -0.39 is 11.8 Å². The Hall–Kier alpha value is -3.26. The number of hydrogen-bond acceptors (Lipinski definition) is 4. The number of amides is 2. The fourth-order valence-electron chi connectivity index (χ4n) is 2.52. The molecule has 0 bridgehead atoms. The molecule has 0 saturated heterocycles. The number of likely N-dealkylation sites (N-methyl/N-ethyl adjacent to an activating group) is 1. The summed E-state index contributed by atoms with van der Waals surface area (Å²) in [5.74, 6) is -1.38. The Morgan fingerprint density at radius 3 is 2.36 bits per heavy atom. The molecule has 0 fully saturated rings. The van der Waals surface area contributed by atoms with Gasteiger partial charge in [0.2, 0.25) is 0 Å². The van der Waals surface area contributed by atoms with Crippen molar-refractivity contribution in [1.82, 2.24) is 5.32 Å². The third-order valence-corrected chi connectivity index (χ3v) is 3.90. The van der Waals surface area contributed by atoms with Crippen LogP contribution in [0.2, 0.25) is 0 Å². The third-order valence-electron chi connectivity index (χ3n) is 3.90. The van der Waals surface area contributed by atoms with Crippen LogP contribution in [0.1, 0.15) is 15.9 Å². The molecule has 1 atom stereocenters. The molecule has 0 heterocycles. The summed E-state index contributed by atoms with van der Waals surface area (Å²) in [4.78, 5) is 36.1. The summed E-state index contributed by atoms with van der Waals surface area (Å²) in [7, 11) is 3.03. The van der Waals surface area contributed by atoms with Crippen LogP contribution in [0.5, 0.6) is 0 Å². The molecule has 0 aliphatic heterocycles. The van der Waals surface area contributed by atoms with E-state index in [2.05, 4.69) is 15.4 Å². The average Bonchev–Trinajstić information content (AvgIpc) is 2.66. The second-order valence-electron chi connectivity index (χ2n) is 6.33. The molecule has 1 unspecified atom stereocenters. The van der Waals surface area contributed by atoms with E-state index in [1.165, 1.54) is 25.3 Å². The molecule has 28 heavy (non-hydrogen) atoms. The van der Waals surface area contributed by atoms with Crippen LogP contribution in [0.3, 0.4) is 0 Å². The largest absolute Gasteiger partial charge is 0.465 e. The lowest BCUT2D eigenvalue weighted by Crippen LogP contribution is -3.11. The number of nitrogens with one attached hydrogen (secondary N) is 3. The van der Waals surface area contributed by atoms with Crippen LogP contribution in [-0.4, -0.2) is 45.0 Å². The first-order valence-electron chi connectivity index (χ1n) is 8.68. The summed E-state index contributed by atoms with van der Waals surface area (Å²) in [5, 5.41) is 5.36. The lowest BCUT2D eigenvalue weighted by molar-refractivity contribution is -0.862. The number of hydrogen-bond donors (Lipinski definition) is 3. The maximum Gasteiger partial charge on any atom is 0.337 e. The predicted octanol–water partition coefficient (Wildman–Crippen LogP) is 0.382. The van der Waals surface area contributed by atoms with Gasteiger partial charge in [-0.05, 0) is 35.9 Å². The lowest BCUT2D eigenvalue weighted by atomic mass is 10.1. The van der Waals surface area contributed by atoms with Crippen molar-refractivity contribution in [3.05, 3.63) is 65.5 Å². The molecule has 2 rings (SSSR count). The summed E-state index contributed by atoms with van der Waals surface area (Å²) in [6, 6.07) is 12.3. The number of halogens is 1. The van der Waals surface area contributed by atoms with E-state index in [0.29, 0.717) is 22.7 Å². The maximum absolute atomic E-state index is 13.1. The first-order chi connectivity index (χ1) is 13.4. The highest BCUT2D eigenvalue weighted by Crippen LogP contribution is 2.08. The normalized spacial score (nSPS) is 11.4. The highest BCUT2D eigenvalue weighted by atomic mass is 19.1. The molecular formula is C20H23FN3O4+. The highest BCUT2D eigenvalue weighted by molar-refractivity contribution is 5.91. The second-order valence-corrected chi connectivity index (χ2v) is 6.33. The summed E-state index contributed by atoms with van der Waals surface area (Å²) >= 11 is 0. The van der Waals surface area contributed by atoms with Crippen molar-refractivity contribution in [3.8, 4) is 0 Å². The number of methoxy groups -OCH3 is 1. The number of carbonyl (C=O) groups is 3. The average molecular weight is 388 g/mol. The van der Waals surface area contributed by atoms with Gasteiger partial charge in [0.25, 0.3) is 11.8 Å². The monoisotopic (exact) mass is 388 g/mol. The SMILES string of the molecule is COC(=O)c1ccc(CNC(=O)C[NH+](C)CC(=O)Nc2cccc(F)c2)cc1. The molecule has 148 valence electrons. The number of benzene rings is 2. The Labute approximate surface area is 162 Å². The van der Waals surface area contributed by atoms with Gasteiger partial charge in [0.15, 0.2) is 13.1 Å². The number of rotatable bonds is 8. The standard InChI is InChI=1S/C20H22FN3O4/c1-24(13-19(26)23-17-5-3-4-16(21)10-17)12-18(25)22-11-14-6-8-15(9-7-14)20(27)28-2/h3-10H,11-13H2,1-2H3,(H,22,25)(H,23,26)/p+1. The number of anilines is 1. The Balaban J connectivity index is 1.74. The van der Waals surface area contributed by atoms with E-state index in [-0.39, 0.29) is 24.9 Å². The van der Waals surface area contributed by atoms with Crippen molar-refractivity contribution >= 4 is 23.5 Å². The number of quaternary nitrogens is 1. The minimum atomic E-state index is -0.433. The predicted molar refractivity (Wildman–Crippen MR) is 101 cm³/mol. The molecule has 7 nitrogen and oxygen atoms in total. The molecule has 0 saturated carbocycles. The van der Waals surface area contributed by atoms with Gasteiger partial charge >= 0.3 is 5.97 Å². The zero-order valence-electron chi connectivity index (χ0n) is 15.8. The van der Waals surface area contributed by atoms with E-state index in [4.69, 9.17) is 0 Å². The van der Waals surface area contributed by atoms with Gasteiger partial charge in [-0.3, -0.25) is 9.59 Å². The Morgan fingerprint density at radius 2 is 1.71 bits per heavy atom. The molecule has 3 N–H and O–H groups in total. The van der Waals surface area contributed by atoms with Gasteiger partial charge < -0.3 is 20.3 Å². The van der Waals surface area contributed by atoms with E-state index in [9.17, 15) is 18.8 Å². The zero-order valence-corrected chi connectivity index (χ0v) is 15.8. The molecule has 2 aromatic rings. The minimum absolute atomic E-state index is 0.0672. The van der Waals surface area contributed by atoms with Gasteiger partial charge in [0.05, 0.1) is 19.7 Å². The Bertz CT molecular complexity index is 840. The van der Waals surface area contributed by atoms with Crippen molar-refractivity contribution in [2.75, 3.05) is 32.6 Å². The molecule has 8 heteroatoms. The minimum Gasteiger partial charge on any atom is -0.465 e. The zero-order chi connectivity index (χ0) is 20.5. The van der Waals surface area contributed by atoms with Gasteiger partial charge in [0.1, 0.15) is 5.82 Å². The molecule has 2 amide bonds. The summed E-state index contributed by atoms with van der Waals surface area (Å²) in [5.41, 5.74) is 1.64. The Morgan fingerprint density at radius 1 is 1.04 bits per heavy atom. The molecule has 2 aromatic carbocycles. The van der Waals surface area contributed by atoms with Crippen molar-refractivity contribution in [3.63, 3.8) is 0 Å². The van der Waals surface area contributed by atoms with Crippen LogP contribution in [0.25, 0.3) is 0 Å². The summed E-state index contributed by atoms with van der Waals surface area (Å²) in [6.07, 6.45) is 0. The number of ether oxygens (including phenoxy) is 1. The van der Waals surface area contributed by atoms with Crippen molar-refractivity contribution in [2.45, 2.75) is 6.54 Å². The summed E-state index contributed by atoms with van der Waals surface area (Å²) in [6.45, 7) is 0.484. The number of carbonyl (C=O) groups excluding carboxylic acids is 3. The molecular weight excluding hydrogens is 365 g/mol. The van der Waals surface area contributed by atoms with E-state index in [1.54, 1.807) is 37.4 Å². The smallest absolute Gasteiger partial charge is 0.337 e. The second kappa shape index (κ2) is 10.2. The van der Waals surface area contributed by atoms with Crippen LogP contribution in [0, 0.1) is 5.82 Å². The quantitative estimate of drug-likeness (QED) is 0.571. The first kappa shape index (κ1) is 21.0.